The van der Waals surface area contributed by atoms with E-state index in [1.807, 2.05) is 12.1 Å². The van der Waals surface area contributed by atoms with E-state index in [9.17, 15) is 9.59 Å². The fraction of sp³-hybridized carbons (Fsp3) is 0.286. The van der Waals surface area contributed by atoms with Crippen LogP contribution in [-0.4, -0.2) is 58.3 Å². The van der Waals surface area contributed by atoms with Crippen LogP contribution in [-0.2, 0) is 4.79 Å². The Morgan fingerprint density at radius 3 is 2.57 bits per heavy atom. The maximum absolute atomic E-state index is 12.4. The number of carbonyl (C=O) groups excluding carboxylic acids is 2. The van der Waals surface area contributed by atoms with Crippen molar-refractivity contribution in [2.45, 2.75) is 0 Å². The lowest BCUT2D eigenvalue weighted by atomic mass is 10.3. The van der Waals surface area contributed by atoms with Gasteiger partial charge in [-0.05, 0) is 12.1 Å². The summed E-state index contributed by atoms with van der Waals surface area (Å²) in [6.45, 7) is 2.27. The van der Waals surface area contributed by atoms with Crippen LogP contribution in [0.4, 0.5) is 0 Å². The van der Waals surface area contributed by atoms with Crippen molar-refractivity contribution >= 4 is 23.7 Å². The molecular formula is C14H14N4O2S. The highest BCUT2D eigenvalue weighted by Gasteiger charge is 2.23. The Kier molecular flexibility index (Phi) is 3.92. The number of rotatable bonds is 3. The molecule has 2 amide bonds. The first-order chi connectivity index (χ1) is 10.3. The number of piperazine rings is 1. The van der Waals surface area contributed by atoms with Gasteiger partial charge in [0, 0.05) is 49.5 Å². The standard InChI is InChI=1S/C14H14N4O2S/c19-10-17-5-7-18(8-6-17)14(20)12-9-21-13(16-12)11-1-3-15-4-2-11/h1-4,9-10H,5-8H2. The first kappa shape index (κ1) is 13.7. The zero-order valence-electron chi connectivity index (χ0n) is 11.3. The number of carbonyl (C=O) groups is 2. The summed E-state index contributed by atoms with van der Waals surface area (Å²) in [5.74, 6) is -0.0721. The molecule has 0 aliphatic carbocycles. The third kappa shape index (κ3) is 2.92. The minimum absolute atomic E-state index is 0.0721. The van der Waals surface area contributed by atoms with Gasteiger partial charge >= 0.3 is 0 Å². The summed E-state index contributed by atoms with van der Waals surface area (Å²) < 4.78 is 0. The number of thiazole rings is 1. The van der Waals surface area contributed by atoms with Crippen LogP contribution in [0.15, 0.2) is 29.9 Å². The predicted molar refractivity (Wildman–Crippen MR) is 78.9 cm³/mol. The van der Waals surface area contributed by atoms with Crippen LogP contribution in [0, 0.1) is 0 Å². The molecule has 21 heavy (non-hydrogen) atoms. The molecule has 1 saturated heterocycles. The fourth-order valence-corrected chi connectivity index (χ4v) is 2.99. The van der Waals surface area contributed by atoms with Gasteiger partial charge in [0.15, 0.2) is 0 Å². The average molecular weight is 302 g/mol. The highest BCUT2D eigenvalue weighted by Crippen LogP contribution is 2.23. The fourth-order valence-electron chi connectivity index (χ4n) is 2.19. The lowest BCUT2D eigenvalue weighted by Crippen LogP contribution is -2.48. The summed E-state index contributed by atoms with van der Waals surface area (Å²) >= 11 is 1.45. The molecule has 7 heteroatoms. The van der Waals surface area contributed by atoms with Crippen molar-refractivity contribution in [3.8, 4) is 10.6 Å². The Morgan fingerprint density at radius 2 is 1.90 bits per heavy atom. The summed E-state index contributed by atoms with van der Waals surface area (Å²) in [7, 11) is 0. The van der Waals surface area contributed by atoms with Gasteiger partial charge in [-0.15, -0.1) is 11.3 Å². The second-order valence-electron chi connectivity index (χ2n) is 4.71. The van der Waals surface area contributed by atoms with Gasteiger partial charge in [0.25, 0.3) is 5.91 Å². The van der Waals surface area contributed by atoms with E-state index >= 15 is 0 Å². The summed E-state index contributed by atoms with van der Waals surface area (Å²) in [5.41, 5.74) is 1.42. The first-order valence-electron chi connectivity index (χ1n) is 6.62. The SMILES string of the molecule is O=CN1CCN(C(=O)c2csc(-c3ccncc3)n2)CC1. The zero-order valence-corrected chi connectivity index (χ0v) is 12.1. The Labute approximate surface area is 126 Å². The highest BCUT2D eigenvalue weighted by molar-refractivity contribution is 7.13. The van der Waals surface area contributed by atoms with Gasteiger partial charge in [0.05, 0.1) is 0 Å². The van der Waals surface area contributed by atoms with E-state index in [4.69, 9.17) is 0 Å². The Bertz CT molecular complexity index is 635. The van der Waals surface area contributed by atoms with Crippen molar-refractivity contribution in [3.63, 3.8) is 0 Å². The van der Waals surface area contributed by atoms with Crippen molar-refractivity contribution in [2.75, 3.05) is 26.2 Å². The van der Waals surface area contributed by atoms with Crippen LogP contribution in [0.5, 0.6) is 0 Å². The molecule has 3 rings (SSSR count). The van der Waals surface area contributed by atoms with Crippen LogP contribution in [0.2, 0.25) is 0 Å². The quantitative estimate of drug-likeness (QED) is 0.797. The lowest BCUT2D eigenvalue weighted by Gasteiger charge is -2.32. The maximum atomic E-state index is 12.4. The van der Waals surface area contributed by atoms with Gasteiger partial charge < -0.3 is 9.80 Å². The highest BCUT2D eigenvalue weighted by atomic mass is 32.1. The topological polar surface area (TPSA) is 66.4 Å². The molecule has 0 atom stereocenters. The Balaban J connectivity index is 1.72. The zero-order chi connectivity index (χ0) is 14.7. The van der Waals surface area contributed by atoms with Gasteiger partial charge in [-0.1, -0.05) is 0 Å². The third-order valence-electron chi connectivity index (χ3n) is 3.40. The van der Waals surface area contributed by atoms with Crippen LogP contribution >= 0.6 is 11.3 Å². The van der Waals surface area contributed by atoms with Crippen LogP contribution < -0.4 is 0 Å². The molecule has 0 saturated carbocycles. The molecule has 0 N–H and O–H groups in total. The summed E-state index contributed by atoms with van der Waals surface area (Å²) in [5, 5.41) is 2.59. The van der Waals surface area contributed by atoms with Crippen molar-refractivity contribution < 1.29 is 9.59 Å². The molecule has 0 unspecified atom stereocenters. The third-order valence-corrected chi connectivity index (χ3v) is 4.29. The number of pyridine rings is 1. The lowest BCUT2D eigenvalue weighted by molar-refractivity contribution is -0.119. The van der Waals surface area contributed by atoms with Crippen molar-refractivity contribution in [2.24, 2.45) is 0 Å². The molecule has 108 valence electrons. The number of hydrogen-bond donors (Lipinski definition) is 0. The van der Waals surface area contributed by atoms with E-state index in [-0.39, 0.29) is 5.91 Å². The molecule has 1 aliphatic rings. The average Bonchev–Trinajstić information content (AvgIpc) is 3.05. The van der Waals surface area contributed by atoms with Crippen molar-refractivity contribution in [1.29, 1.82) is 0 Å². The van der Waals surface area contributed by atoms with Crippen LogP contribution in [0.1, 0.15) is 10.5 Å². The largest absolute Gasteiger partial charge is 0.342 e. The van der Waals surface area contributed by atoms with Gasteiger partial charge in [-0.3, -0.25) is 14.6 Å². The minimum atomic E-state index is -0.0721. The van der Waals surface area contributed by atoms with E-state index in [0.717, 1.165) is 17.0 Å². The number of aromatic nitrogens is 2. The molecule has 0 radical (unpaired) electrons. The van der Waals surface area contributed by atoms with E-state index in [2.05, 4.69) is 9.97 Å². The van der Waals surface area contributed by atoms with Gasteiger partial charge in [0.2, 0.25) is 6.41 Å². The van der Waals surface area contributed by atoms with Gasteiger partial charge in [-0.2, -0.15) is 0 Å². The summed E-state index contributed by atoms with van der Waals surface area (Å²) in [4.78, 5) is 34.9. The summed E-state index contributed by atoms with van der Waals surface area (Å²) in [6, 6.07) is 3.74. The molecule has 0 aromatic carbocycles. The maximum Gasteiger partial charge on any atom is 0.273 e. The molecule has 1 fully saturated rings. The Hall–Kier alpha value is -2.28. The smallest absolute Gasteiger partial charge is 0.273 e. The van der Waals surface area contributed by atoms with Crippen molar-refractivity contribution in [3.05, 3.63) is 35.6 Å². The first-order valence-corrected chi connectivity index (χ1v) is 7.50. The molecule has 3 heterocycles. The monoisotopic (exact) mass is 302 g/mol. The van der Waals surface area contributed by atoms with Crippen LogP contribution in [0.25, 0.3) is 10.6 Å². The van der Waals surface area contributed by atoms with E-state index in [0.29, 0.717) is 31.9 Å². The molecule has 6 nitrogen and oxygen atoms in total. The number of amides is 2. The van der Waals surface area contributed by atoms with E-state index < -0.39 is 0 Å². The van der Waals surface area contributed by atoms with Gasteiger partial charge in [-0.25, -0.2) is 4.98 Å². The number of hydrogen-bond acceptors (Lipinski definition) is 5. The molecule has 0 spiro atoms. The predicted octanol–water partition coefficient (Wildman–Crippen LogP) is 1.12. The van der Waals surface area contributed by atoms with E-state index in [1.165, 1.54) is 11.3 Å². The second kappa shape index (κ2) is 6.01. The number of nitrogens with zero attached hydrogens (tertiary/aromatic N) is 4. The van der Waals surface area contributed by atoms with Crippen LogP contribution in [0.3, 0.4) is 0 Å². The molecule has 0 bridgehead atoms. The van der Waals surface area contributed by atoms with E-state index in [1.54, 1.807) is 27.6 Å². The molecule has 1 aliphatic heterocycles. The summed E-state index contributed by atoms with van der Waals surface area (Å²) in [6.07, 6.45) is 4.24. The molecule has 2 aromatic rings. The van der Waals surface area contributed by atoms with Gasteiger partial charge in [0.1, 0.15) is 10.7 Å². The molecular weight excluding hydrogens is 288 g/mol. The second-order valence-corrected chi connectivity index (χ2v) is 5.57. The normalized spacial score (nSPS) is 15.0. The minimum Gasteiger partial charge on any atom is -0.342 e. The van der Waals surface area contributed by atoms with Crippen molar-refractivity contribution in [1.82, 2.24) is 19.8 Å². The Morgan fingerprint density at radius 1 is 1.19 bits per heavy atom. The molecule has 2 aromatic heterocycles.